The van der Waals surface area contributed by atoms with Crippen LogP contribution in [-0.2, 0) is 11.4 Å². The lowest BCUT2D eigenvalue weighted by molar-refractivity contribution is -0.113. The number of rotatable bonds is 7. The van der Waals surface area contributed by atoms with Gasteiger partial charge in [0.05, 0.1) is 20.8 Å². The van der Waals surface area contributed by atoms with E-state index < -0.39 is 5.82 Å². The van der Waals surface area contributed by atoms with Gasteiger partial charge in [0.1, 0.15) is 12.4 Å². The largest absolute Gasteiger partial charge is 0.490 e. The predicted octanol–water partition coefficient (Wildman–Crippen LogP) is 6.81. The van der Waals surface area contributed by atoms with Crippen LogP contribution in [0.2, 0.25) is 0 Å². The van der Waals surface area contributed by atoms with Crippen molar-refractivity contribution in [3.63, 3.8) is 0 Å². The van der Waals surface area contributed by atoms with Crippen LogP contribution in [0.3, 0.4) is 0 Å². The molecule has 33 heavy (non-hydrogen) atoms. The first kappa shape index (κ1) is 23.7. The molecule has 0 unspecified atom stereocenters. The molecule has 0 bridgehead atoms. The summed E-state index contributed by atoms with van der Waals surface area (Å²) in [6.45, 7) is 2.80. The molecule has 1 aliphatic rings. The molecule has 0 atom stereocenters. The Balaban J connectivity index is 1.61. The standard InChI is InChI=1S/C25H19FINO3S2/c1-2-30-21-12-17(11-20(27)23(21)31-15-16-7-4-3-5-8-16)13-22-24(29)28(25(32)33-22)19-10-6-9-18(26)14-19/h3-14H,2,15H2,1H3/b22-13-. The molecule has 0 aromatic heterocycles. The summed E-state index contributed by atoms with van der Waals surface area (Å²) in [4.78, 5) is 14.8. The fraction of sp³-hybridized carbons (Fsp3) is 0.120. The molecule has 4 nitrogen and oxygen atoms in total. The van der Waals surface area contributed by atoms with Gasteiger partial charge in [-0.15, -0.1) is 0 Å². The molecule has 3 aromatic carbocycles. The van der Waals surface area contributed by atoms with Crippen molar-refractivity contribution in [1.29, 1.82) is 0 Å². The molecular weight excluding hydrogens is 572 g/mol. The van der Waals surface area contributed by atoms with Crippen LogP contribution in [0.1, 0.15) is 18.1 Å². The SMILES string of the molecule is CCOc1cc(/C=C2\SC(=S)N(c3cccc(F)c3)C2=O)cc(I)c1OCc1ccccc1. The number of carbonyl (C=O) groups is 1. The molecule has 1 heterocycles. The van der Waals surface area contributed by atoms with Crippen molar-refractivity contribution in [2.24, 2.45) is 0 Å². The molecule has 0 N–H and O–H groups in total. The topological polar surface area (TPSA) is 38.8 Å². The highest BCUT2D eigenvalue weighted by Crippen LogP contribution is 2.39. The van der Waals surface area contributed by atoms with Crippen molar-refractivity contribution >= 4 is 68.6 Å². The average molecular weight is 591 g/mol. The smallest absolute Gasteiger partial charge is 0.270 e. The highest BCUT2D eigenvalue weighted by atomic mass is 127. The quantitative estimate of drug-likeness (QED) is 0.172. The van der Waals surface area contributed by atoms with E-state index in [0.29, 0.717) is 39.6 Å². The Morgan fingerprint density at radius 2 is 1.88 bits per heavy atom. The third-order valence-corrected chi connectivity index (χ3v) is 6.82. The number of hydrogen-bond donors (Lipinski definition) is 0. The Morgan fingerprint density at radius 3 is 2.61 bits per heavy atom. The molecule has 4 rings (SSSR count). The van der Waals surface area contributed by atoms with Crippen LogP contribution in [0, 0.1) is 9.39 Å². The fourth-order valence-corrected chi connectivity index (χ4v) is 5.34. The monoisotopic (exact) mass is 591 g/mol. The van der Waals surface area contributed by atoms with Gasteiger partial charge < -0.3 is 9.47 Å². The van der Waals surface area contributed by atoms with E-state index in [1.165, 1.54) is 28.8 Å². The molecule has 3 aromatic rings. The zero-order valence-electron chi connectivity index (χ0n) is 17.6. The van der Waals surface area contributed by atoms with Gasteiger partial charge in [-0.3, -0.25) is 9.69 Å². The van der Waals surface area contributed by atoms with Crippen LogP contribution in [-0.4, -0.2) is 16.8 Å². The lowest BCUT2D eigenvalue weighted by atomic mass is 10.1. The molecule has 0 saturated carbocycles. The van der Waals surface area contributed by atoms with Gasteiger partial charge in [0.2, 0.25) is 0 Å². The minimum absolute atomic E-state index is 0.284. The molecular formula is C25H19FINO3S2. The van der Waals surface area contributed by atoms with Crippen molar-refractivity contribution in [2.75, 3.05) is 11.5 Å². The van der Waals surface area contributed by atoms with Crippen LogP contribution < -0.4 is 14.4 Å². The summed E-state index contributed by atoms with van der Waals surface area (Å²) in [6, 6.07) is 19.5. The number of anilines is 1. The summed E-state index contributed by atoms with van der Waals surface area (Å²) >= 11 is 8.78. The highest BCUT2D eigenvalue weighted by molar-refractivity contribution is 14.1. The van der Waals surface area contributed by atoms with Crippen LogP contribution >= 0.6 is 46.6 Å². The van der Waals surface area contributed by atoms with Crippen molar-refractivity contribution in [2.45, 2.75) is 13.5 Å². The van der Waals surface area contributed by atoms with E-state index in [-0.39, 0.29) is 5.91 Å². The van der Waals surface area contributed by atoms with E-state index in [2.05, 4.69) is 22.6 Å². The van der Waals surface area contributed by atoms with Crippen LogP contribution in [0.15, 0.2) is 71.6 Å². The summed E-state index contributed by atoms with van der Waals surface area (Å²) < 4.78 is 26.8. The fourth-order valence-electron chi connectivity index (χ4n) is 3.26. The molecule has 1 amide bonds. The second-order valence-corrected chi connectivity index (χ2v) is 9.87. The van der Waals surface area contributed by atoms with Gasteiger partial charge >= 0.3 is 0 Å². The number of thioether (sulfide) groups is 1. The lowest BCUT2D eigenvalue weighted by Gasteiger charge is -2.15. The number of ether oxygens (including phenoxy) is 2. The highest BCUT2D eigenvalue weighted by Gasteiger charge is 2.33. The maximum absolute atomic E-state index is 13.7. The van der Waals surface area contributed by atoms with Crippen molar-refractivity contribution in [3.8, 4) is 11.5 Å². The van der Waals surface area contributed by atoms with Crippen LogP contribution in [0.25, 0.3) is 6.08 Å². The number of carbonyl (C=O) groups excluding carboxylic acids is 1. The first-order valence-electron chi connectivity index (χ1n) is 10.1. The Kier molecular flexibility index (Phi) is 7.67. The van der Waals surface area contributed by atoms with E-state index in [0.717, 1.165) is 14.7 Å². The van der Waals surface area contributed by atoms with Gasteiger partial charge in [0.25, 0.3) is 5.91 Å². The number of halogens is 2. The lowest BCUT2D eigenvalue weighted by Crippen LogP contribution is -2.27. The van der Waals surface area contributed by atoms with E-state index in [4.69, 9.17) is 21.7 Å². The van der Waals surface area contributed by atoms with E-state index in [1.54, 1.807) is 18.2 Å². The van der Waals surface area contributed by atoms with Gasteiger partial charge in [-0.1, -0.05) is 60.4 Å². The summed E-state index contributed by atoms with van der Waals surface area (Å²) in [6.07, 6.45) is 1.77. The van der Waals surface area contributed by atoms with E-state index in [1.807, 2.05) is 49.4 Å². The average Bonchev–Trinajstić information content (AvgIpc) is 3.07. The molecule has 0 spiro atoms. The molecule has 168 valence electrons. The van der Waals surface area contributed by atoms with Gasteiger partial charge in [0.15, 0.2) is 15.8 Å². The Hall–Kier alpha value is -2.43. The zero-order chi connectivity index (χ0) is 23.4. The minimum Gasteiger partial charge on any atom is -0.490 e. The van der Waals surface area contributed by atoms with Crippen molar-refractivity contribution in [1.82, 2.24) is 0 Å². The minimum atomic E-state index is -0.424. The first-order chi connectivity index (χ1) is 16.0. The third kappa shape index (κ3) is 5.56. The normalized spacial score (nSPS) is 14.8. The molecule has 1 saturated heterocycles. The Labute approximate surface area is 214 Å². The summed E-state index contributed by atoms with van der Waals surface area (Å²) in [5.74, 6) is 0.554. The molecule has 8 heteroatoms. The number of thiocarbonyl (C=S) groups is 1. The predicted molar refractivity (Wildman–Crippen MR) is 143 cm³/mol. The third-order valence-electron chi connectivity index (χ3n) is 4.72. The number of benzene rings is 3. The Morgan fingerprint density at radius 1 is 1.09 bits per heavy atom. The number of hydrogen-bond acceptors (Lipinski definition) is 5. The van der Waals surface area contributed by atoms with Gasteiger partial charge in [-0.2, -0.15) is 0 Å². The van der Waals surface area contributed by atoms with Gasteiger partial charge in [0, 0.05) is 0 Å². The first-order valence-corrected chi connectivity index (χ1v) is 12.4. The second kappa shape index (κ2) is 10.7. The van der Waals surface area contributed by atoms with E-state index >= 15 is 0 Å². The van der Waals surface area contributed by atoms with Crippen LogP contribution in [0.5, 0.6) is 11.5 Å². The maximum Gasteiger partial charge on any atom is 0.270 e. The molecule has 0 aliphatic carbocycles. The van der Waals surface area contributed by atoms with Gasteiger partial charge in [-0.25, -0.2) is 4.39 Å². The molecule has 0 radical (unpaired) electrons. The number of amides is 1. The second-order valence-electron chi connectivity index (χ2n) is 7.03. The summed E-state index contributed by atoms with van der Waals surface area (Å²) in [5.41, 5.74) is 2.26. The maximum atomic E-state index is 13.7. The summed E-state index contributed by atoms with van der Waals surface area (Å²) in [5, 5.41) is 0. The van der Waals surface area contributed by atoms with Crippen LogP contribution in [0.4, 0.5) is 10.1 Å². The number of nitrogens with zero attached hydrogens (tertiary/aromatic N) is 1. The van der Waals surface area contributed by atoms with Crippen molar-refractivity contribution in [3.05, 3.63) is 92.1 Å². The van der Waals surface area contributed by atoms with Gasteiger partial charge in [-0.05, 0) is 77.0 Å². The molecule has 1 aliphatic heterocycles. The summed E-state index contributed by atoms with van der Waals surface area (Å²) in [7, 11) is 0. The Bertz CT molecular complexity index is 1230. The van der Waals surface area contributed by atoms with Crippen molar-refractivity contribution < 1.29 is 18.7 Å². The molecule has 1 fully saturated rings. The van der Waals surface area contributed by atoms with E-state index in [9.17, 15) is 9.18 Å². The zero-order valence-corrected chi connectivity index (χ0v) is 21.4.